The molecule has 1 aromatic heterocycles. The molecule has 0 bridgehead atoms. The minimum atomic E-state index is -3.46. The van der Waals surface area contributed by atoms with Gasteiger partial charge in [0.05, 0.1) is 5.69 Å². The second-order valence-corrected chi connectivity index (χ2v) is 5.99. The molecular formula is C12H14N4O2S. The molecule has 1 heterocycles. The third-order valence-corrected chi connectivity index (χ3v) is 4.00. The number of aromatic nitrogens is 2. The average molecular weight is 278 g/mol. The van der Waals surface area contributed by atoms with E-state index in [1.54, 1.807) is 18.3 Å². The fourth-order valence-electron chi connectivity index (χ4n) is 1.74. The summed E-state index contributed by atoms with van der Waals surface area (Å²) in [5.74, 6) is 0. The summed E-state index contributed by atoms with van der Waals surface area (Å²) >= 11 is 0. The van der Waals surface area contributed by atoms with Crippen molar-refractivity contribution >= 4 is 15.9 Å². The van der Waals surface area contributed by atoms with Crippen molar-refractivity contribution in [3.8, 4) is 11.3 Å². The van der Waals surface area contributed by atoms with Gasteiger partial charge in [0.25, 0.3) is 10.2 Å². The minimum Gasteiger partial charge on any atom is -0.278 e. The van der Waals surface area contributed by atoms with E-state index < -0.39 is 10.2 Å². The third-order valence-electron chi connectivity index (χ3n) is 2.85. The summed E-state index contributed by atoms with van der Waals surface area (Å²) in [4.78, 5) is 0. The fraction of sp³-hybridized carbons (Fsp3) is 0.250. The number of anilines is 1. The van der Waals surface area contributed by atoms with Crippen LogP contribution >= 0.6 is 0 Å². The van der Waals surface area contributed by atoms with Crippen LogP contribution in [0.5, 0.6) is 0 Å². The van der Waals surface area contributed by atoms with Crippen LogP contribution in [-0.2, 0) is 10.2 Å². The largest absolute Gasteiger partial charge is 0.299 e. The van der Waals surface area contributed by atoms with E-state index >= 15 is 0 Å². The van der Waals surface area contributed by atoms with E-state index in [0.717, 1.165) is 24.1 Å². The molecule has 1 aliphatic carbocycles. The maximum atomic E-state index is 11.7. The Hall–Kier alpha value is -1.86. The van der Waals surface area contributed by atoms with E-state index in [-0.39, 0.29) is 6.04 Å². The number of H-pyrrole nitrogens is 1. The van der Waals surface area contributed by atoms with Gasteiger partial charge in [-0.05, 0) is 36.6 Å². The summed E-state index contributed by atoms with van der Waals surface area (Å²) in [5, 5.41) is 6.73. The lowest BCUT2D eigenvalue weighted by Gasteiger charge is -2.08. The standard InChI is InChI=1S/C12H14N4O2S/c17-19(18,16-11-5-6-11)15-10-3-1-9(2-4-10)12-7-8-13-14-12/h1-4,7-8,11,15-16H,5-6H2,(H,13,14). The number of nitrogens with zero attached hydrogens (tertiary/aromatic N) is 1. The van der Waals surface area contributed by atoms with Gasteiger partial charge in [0.1, 0.15) is 0 Å². The second-order valence-electron chi connectivity index (χ2n) is 4.55. The summed E-state index contributed by atoms with van der Waals surface area (Å²) in [7, 11) is -3.46. The van der Waals surface area contributed by atoms with Crippen LogP contribution in [0, 0.1) is 0 Å². The smallest absolute Gasteiger partial charge is 0.278 e. The Morgan fingerprint density at radius 3 is 2.47 bits per heavy atom. The second kappa shape index (κ2) is 4.67. The van der Waals surface area contributed by atoms with Gasteiger partial charge in [0.15, 0.2) is 0 Å². The van der Waals surface area contributed by atoms with Gasteiger partial charge in [-0.2, -0.15) is 18.2 Å². The lowest BCUT2D eigenvalue weighted by Crippen LogP contribution is -2.31. The first kappa shape index (κ1) is 12.2. The highest BCUT2D eigenvalue weighted by Crippen LogP contribution is 2.22. The first-order chi connectivity index (χ1) is 9.12. The van der Waals surface area contributed by atoms with Crippen molar-refractivity contribution in [1.82, 2.24) is 14.9 Å². The first-order valence-electron chi connectivity index (χ1n) is 6.02. The van der Waals surface area contributed by atoms with Gasteiger partial charge in [-0.25, -0.2) is 0 Å². The van der Waals surface area contributed by atoms with Crippen molar-refractivity contribution in [1.29, 1.82) is 0 Å². The molecule has 0 unspecified atom stereocenters. The fourth-order valence-corrected chi connectivity index (χ4v) is 2.92. The Labute approximate surface area is 111 Å². The van der Waals surface area contributed by atoms with Gasteiger partial charge in [-0.1, -0.05) is 12.1 Å². The van der Waals surface area contributed by atoms with Crippen LogP contribution in [0.4, 0.5) is 5.69 Å². The normalized spacial score (nSPS) is 15.4. The zero-order valence-corrected chi connectivity index (χ0v) is 10.9. The van der Waals surface area contributed by atoms with Crippen molar-refractivity contribution in [2.24, 2.45) is 0 Å². The molecule has 1 fully saturated rings. The molecule has 19 heavy (non-hydrogen) atoms. The summed E-state index contributed by atoms with van der Waals surface area (Å²) in [6, 6.07) is 9.07. The Kier molecular flexibility index (Phi) is 3.00. The zero-order valence-electron chi connectivity index (χ0n) is 10.1. The molecule has 100 valence electrons. The highest BCUT2D eigenvalue weighted by atomic mass is 32.2. The quantitative estimate of drug-likeness (QED) is 0.774. The molecule has 1 aliphatic rings. The van der Waals surface area contributed by atoms with E-state index in [1.165, 1.54) is 0 Å². The number of benzene rings is 1. The molecule has 3 N–H and O–H groups in total. The molecule has 0 saturated heterocycles. The van der Waals surface area contributed by atoms with Crippen molar-refractivity contribution in [2.45, 2.75) is 18.9 Å². The Morgan fingerprint density at radius 1 is 1.16 bits per heavy atom. The Morgan fingerprint density at radius 2 is 1.89 bits per heavy atom. The molecular weight excluding hydrogens is 264 g/mol. The maximum absolute atomic E-state index is 11.7. The lowest BCUT2D eigenvalue weighted by atomic mass is 10.1. The van der Waals surface area contributed by atoms with Gasteiger partial charge in [-0.3, -0.25) is 9.82 Å². The lowest BCUT2D eigenvalue weighted by molar-refractivity contribution is 0.586. The SMILES string of the molecule is O=S(=O)(Nc1ccc(-c2ccn[nH]2)cc1)NC1CC1. The van der Waals surface area contributed by atoms with Crippen LogP contribution in [0.2, 0.25) is 0 Å². The highest BCUT2D eigenvalue weighted by molar-refractivity contribution is 7.90. The van der Waals surface area contributed by atoms with Crippen LogP contribution in [-0.4, -0.2) is 24.7 Å². The molecule has 0 spiro atoms. The minimum absolute atomic E-state index is 0.0989. The van der Waals surface area contributed by atoms with E-state index in [4.69, 9.17) is 0 Å². The van der Waals surface area contributed by atoms with Crippen molar-refractivity contribution < 1.29 is 8.42 Å². The number of nitrogens with one attached hydrogen (secondary N) is 3. The molecule has 0 amide bonds. The summed E-state index contributed by atoms with van der Waals surface area (Å²) in [6.45, 7) is 0. The van der Waals surface area contributed by atoms with Crippen molar-refractivity contribution in [3.63, 3.8) is 0 Å². The molecule has 0 aliphatic heterocycles. The molecule has 7 heteroatoms. The average Bonchev–Trinajstić information content (AvgIpc) is 3.00. The number of hydrogen-bond acceptors (Lipinski definition) is 3. The topological polar surface area (TPSA) is 86.9 Å². The van der Waals surface area contributed by atoms with Crippen molar-refractivity contribution in [3.05, 3.63) is 36.5 Å². The summed E-state index contributed by atoms with van der Waals surface area (Å²) in [6.07, 6.45) is 3.50. The van der Waals surface area contributed by atoms with Gasteiger partial charge in [-0.15, -0.1) is 0 Å². The van der Waals surface area contributed by atoms with Crippen LogP contribution < -0.4 is 9.44 Å². The number of aromatic amines is 1. The Balaban J connectivity index is 1.72. The van der Waals surface area contributed by atoms with Crippen LogP contribution in [0.15, 0.2) is 36.5 Å². The molecule has 3 rings (SSSR count). The molecule has 1 aromatic carbocycles. The molecule has 1 saturated carbocycles. The first-order valence-corrected chi connectivity index (χ1v) is 7.51. The number of hydrogen-bond donors (Lipinski definition) is 3. The predicted octanol–water partition coefficient (Wildman–Crippen LogP) is 1.49. The van der Waals surface area contributed by atoms with Crippen molar-refractivity contribution in [2.75, 3.05) is 4.72 Å². The van der Waals surface area contributed by atoms with E-state index in [0.29, 0.717) is 5.69 Å². The van der Waals surface area contributed by atoms with Gasteiger partial charge < -0.3 is 0 Å². The van der Waals surface area contributed by atoms with Gasteiger partial charge >= 0.3 is 0 Å². The monoisotopic (exact) mass is 278 g/mol. The van der Waals surface area contributed by atoms with Gasteiger partial charge in [0, 0.05) is 17.9 Å². The molecule has 6 nitrogen and oxygen atoms in total. The van der Waals surface area contributed by atoms with E-state index in [9.17, 15) is 8.42 Å². The zero-order chi connectivity index (χ0) is 13.3. The third kappa shape index (κ3) is 3.12. The maximum Gasteiger partial charge on any atom is 0.299 e. The molecule has 0 radical (unpaired) electrons. The predicted molar refractivity (Wildman–Crippen MR) is 72.7 cm³/mol. The van der Waals surface area contributed by atoms with E-state index in [1.807, 2.05) is 18.2 Å². The Bertz CT molecular complexity index is 646. The summed E-state index contributed by atoms with van der Waals surface area (Å²) < 4.78 is 28.5. The van der Waals surface area contributed by atoms with Crippen LogP contribution in [0.3, 0.4) is 0 Å². The van der Waals surface area contributed by atoms with Gasteiger partial charge in [0.2, 0.25) is 0 Å². The van der Waals surface area contributed by atoms with Crippen LogP contribution in [0.1, 0.15) is 12.8 Å². The molecule has 0 atom stereocenters. The highest BCUT2D eigenvalue weighted by Gasteiger charge is 2.26. The summed E-state index contributed by atoms with van der Waals surface area (Å²) in [5.41, 5.74) is 2.39. The van der Waals surface area contributed by atoms with Crippen LogP contribution in [0.25, 0.3) is 11.3 Å². The molecule has 2 aromatic rings. The number of rotatable bonds is 5. The van der Waals surface area contributed by atoms with E-state index in [2.05, 4.69) is 19.6 Å².